The molecule has 90 valence electrons. The molecule has 2 aromatic heterocycles. The molecule has 6 heteroatoms. The molecule has 0 saturated heterocycles. The van der Waals surface area contributed by atoms with Gasteiger partial charge in [-0.3, -0.25) is 9.78 Å². The topological polar surface area (TPSA) is 54.9 Å². The van der Waals surface area contributed by atoms with Crippen LogP contribution >= 0.6 is 11.3 Å². The fourth-order valence-electron chi connectivity index (χ4n) is 1.76. The van der Waals surface area contributed by atoms with E-state index in [4.69, 9.17) is 0 Å². The van der Waals surface area contributed by atoms with Crippen LogP contribution in [0.1, 0.15) is 0 Å². The summed E-state index contributed by atoms with van der Waals surface area (Å²) in [6, 6.07) is 6.85. The molecule has 0 aliphatic heterocycles. The molecular weight excluding hydrogens is 255 g/mol. The lowest BCUT2D eigenvalue weighted by atomic mass is 10.3. The molecule has 0 saturated carbocycles. The number of nitrogens with one attached hydrogen (secondary N) is 1. The molecule has 0 aliphatic rings. The third-order valence-electron chi connectivity index (χ3n) is 2.61. The van der Waals surface area contributed by atoms with Gasteiger partial charge in [-0.1, -0.05) is 0 Å². The second-order valence-electron chi connectivity index (χ2n) is 3.71. The van der Waals surface area contributed by atoms with Gasteiger partial charge in [0.2, 0.25) is 0 Å². The Kier molecular flexibility index (Phi) is 2.38. The van der Waals surface area contributed by atoms with Gasteiger partial charge in [-0.15, -0.1) is 11.3 Å². The van der Waals surface area contributed by atoms with E-state index in [0.717, 1.165) is 4.57 Å². The number of hydrogen-bond acceptors (Lipinski definition) is 3. The van der Waals surface area contributed by atoms with Gasteiger partial charge in [0.25, 0.3) is 5.56 Å². The summed E-state index contributed by atoms with van der Waals surface area (Å²) in [6.07, 6.45) is 0. The van der Waals surface area contributed by atoms with E-state index in [2.05, 4.69) is 4.98 Å². The van der Waals surface area contributed by atoms with Crippen LogP contribution in [0.2, 0.25) is 0 Å². The summed E-state index contributed by atoms with van der Waals surface area (Å²) >= 11 is 1.29. The quantitative estimate of drug-likeness (QED) is 0.728. The molecule has 18 heavy (non-hydrogen) atoms. The van der Waals surface area contributed by atoms with Gasteiger partial charge in [-0.2, -0.15) is 0 Å². The number of rotatable bonds is 1. The van der Waals surface area contributed by atoms with Gasteiger partial charge in [0.05, 0.1) is 11.1 Å². The van der Waals surface area contributed by atoms with Crippen molar-refractivity contribution in [1.82, 2.24) is 9.55 Å². The Hall–Kier alpha value is -2.21. The van der Waals surface area contributed by atoms with Crippen molar-refractivity contribution in [3.05, 3.63) is 62.4 Å². The predicted molar refractivity (Wildman–Crippen MR) is 68.0 cm³/mol. The van der Waals surface area contributed by atoms with Gasteiger partial charge < -0.3 is 0 Å². The van der Waals surface area contributed by atoms with Crippen molar-refractivity contribution < 1.29 is 4.39 Å². The standard InChI is InChI=1S/C12H7FN2O2S/c13-7-1-3-8(4-2-7)15-11(16)9-5-6-18-10(9)14-12(15)17/h1-6H,(H,14,17). The van der Waals surface area contributed by atoms with Crippen molar-refractivity contribution >= 4 is 21.6 Å². The number of aromatic amines is 1. The summed E-state index contributed by atoms with van der Waals surface area (Å²) in [5.74, 6) is -0.417. The molecule has 4 nitrogen and oxygen atoms in total. The number of aromatic nitrogens is 2. The summed E-state index contributed by atoms with van der Waals surface area (Å²) in [4.78, 5) is 27.2. The van der Waals surface area contributed by atoms with Crippen LogP contribution in [0.5, 0.6) is 0 Å². The minimum atomic E-state index is -0.526. The number of H-pyrrole nitrogens is 1. The molecule has 0 radical (unpaired) electrons. The van der Waals surface area contributed by atoms with E-state index in [1.54, 1.807) is 11.4 Å². The van der Waals surface area contributed by atoms with Crippen LogP contribution in [0.4, 0.5) is 4.39 Å². The maximum atomic E-state index is 12.8. The maximum Gasteiger partial charge on any atom is 0.334 e. The number of benzene rings is 1. The van der Waals surface area contributed by atoms with Gasteiger partial charge in [-0.05, 0) is 35.7 Å². The zero-order valence-corrected chi connectivity index (χ0v) is 9.83. The fraction of sp³-hybridized carbons (Fsp3) is 0. The first-order valence-electron chi connectivity index (χ1n) is 5.15. The Balaban J connectivity index is 2.38. The molecule has 0 aliphatic carbocycles. The van der Waals surface area contributed by atoms with E-state index in [9.17, 15) is 14.0 Å². The highest BCUT2D eigenvalue weighted by atomic mass is 32.1. The zero-order chi connectivity index (χ0) is 12.7. The fourth-order valence-corrected chi connectivity index (χ4v) is 2.53. The molecule has 1 N–H and O–H groups in total. The molecule has 0 fully saturated rings. The van der Waals surface area contributed by atoms with Crippen LogP contribution in [0, 0.1) is 5.82 Å². The van der Waals surface area contributed by atoms with Gasteiger partial charge in [0.15, 0.2) is 0 Å². The van der Waals surface area contributed by atoms with Gasteiger partial charge in [0.1, 0.15) is 10.6 Å². The molecular formula is C12H7FN2O2S. The van der Waals surface area contributed by atoms with Crippen LogP contribution in [-0.2, 0) is 0 Å². The third kappa shape index (κ3) is 1.58. The van der Waals surface area contributed by atoms with Gasteiger partial charge >= 0.3 is 5.69 Å². The van der Waals surface area contributed by atoms with E-state index in [0.29, 0.717) is 15.9 Å². The molecule has 3 rings (SSSR count). The number of halogens is 1. The third-order valence-corrected chi connectivity index (χ3v) is 3.44. The molecule has 0 atom stereocenters. The van der Waals surface area contributed by atoms with Crippen LogP contribution in [0.25, 0.3) is 15.9 Å². The van der Waals surface area contributed by atoms with Crippen molar-refractivity contribution in [2.24, 2.45) is 0 Å². The lowest BCUT2D eigenvalue weighted by Crippen LogP contribution is -2.33. The minimum Gasteiger partial charge on any atom is -0.298 e. The van der Waals surface area contributed by atoms with Crippen LogP contribution in [-0.4, -0.2) is 9.55 Å². The smallest absolute Gasteiger partial charge is 0.298 e. The van der Waals surface area contributed by atoms with Crippen LogP contribution < -0.4 is 11.2 Å². The van der Waals surface area contributed by atoms with E-state index in [1.807, 2.05) is 0 Å². The van der Waals surface area contributed by atoms with E-state index in [1.165, 1.54) is 35.6 Å². The Morgan fingerprint density at radius 2 is 1.83 bits per heavy atom. The zero-order valence-electron chi connectivity index (χ0n) is 9.01. The predicted octanol–water partition coefficient (Wildman–Crippen LogP) is 1.88. The van der Waals surface area contributed by atoms with E-state index in [-0.39, 0.29) is 0 Å². The summed E-state index contributed by atoms with van der Waals surface area (Å²) < 4.78 is 13.8. The SMILES string of the molecule is O=c1[nH]c2sccc2c(=O)n1-c1ccc(F)cc1. The van der Waals surface area contributed by atoms with E-state index >= 15 is 0 Å². The molecule has 1 aromatic carbocycles. The summed E-state index contributed by atoms with van der Waals surface area (Å²) in [5, 5.41) is 2.18. The molecule has 0 spiro atoms. The normalized spacial score (nSPS) is 10.9. The van der Waals surface area contributed by atoms with Crippen molar-refractivity contribution in [2.75, 3.05) is 0 Å². The monoisotopic (exact) mass is 262 g/mol. The number of fused-ring (bicyclic) bond motifs is 1. The number of hydrogen-bond donors (Lipinski definition) is 1. The second-order valence-corrected chi connectivity index (χ2v) is 4.63. The van der Waals surface area contributed by atoms with E-state index < -0.39 is 17.1 Å². The lowest BCUT2D eigenvalue weighted by Gasteiger charge is -2.04. The van der Waals surface area contributed by atoms with Crippen molar-refractivity contribution in [3.63, 3.8) is 0 Å². The van der Waals surface area contributed by atoms with Crippen molar-refractivity contribution in [3.8, 4) is 5.69 Å². The first-order valence-corrected chi connectivity index (χ1v) is 6.03. The molecule has 0 bridgehead atoms. The van der Waals surface area contributed by atoms with Crippen molar-refractivity contribution in [1.29, 1.82) is 0 Å². The Bertz CT molecular complexity index is 830. The number of thiophene rings is 1. The van der Waals surface area contributed by atoms with Crippen LogP contribution in [0.15, 0.2) is 45.3 Å². The summed E-state index contributed by atoms with van der Waals surface area (Å²) in [7, 11) is 0. The molecule has 3 aromatic rings. The first kappa shape index (κ1) is 10.9. The molecule has 2 heterocycles. The second kappa shape index (κ2) is 3.92. The molecule has 0 unspecified atom stereocenters. The Labute approximate surface area is 104 Å². The highest BCUT2D eigenvalue weighted by Crippen LogP contribution is 2.13. The highest BCUT2D eigenvalue weighted by Gasteiger charge is 2.09. The van der Waals surface area contributed by atoms with Gasteiger partial charge in [-0.25, -0.2) is 13.8 Å². The minimum absolute atomic E-state index is 0.343. The number of nitrogens with zero attached hydrogens (tertiary/aromatic N) is 1. The first-order chi connectivity index (χ1) is 8.66. The van der Waals surface area contributed by atoms with Crippen molar-refractivity contribution in [2.45, 2.75) is 0 Å². The Morgan fingerprint density at radius 3 is 2.56 bits per heavy atom. The molecule has 0 amide bonds. The lowest BCUT2D eigenvalue weighted by molar-refractivity contribution is 0.627. The maximum absolute atomic E-state index is 12.8. The van der Waals surface area contributed by atoms with Gasteiger partial charge in [0, 0.05) is 0 Å². The van der Waals surface area contributed by atoms with Crippen LogP contribution in [0.3, 0.4) is 0 Å². The summed E-state index contributed by atoms with van der Waals surface area (Å²) in [5.41, 5.74) is -0.584. The summed E-state index contributed by atoms with van der Waals surface area (Å²) in [6.45, 7) is 0. The highest BCUT2D eigenvalue weighted by molar-refractivity contribution is 7.16. The average Bonchev–Trinajstić information content (AvgIpc) is 2.80. The largest absolute Gasteiger partial charge is 0.334 e. The average molecular weight is 262 g/mol. The Morgan fingerprint density at radius 1 is 1.11 bits per heavy atom.